The topological polar surface area (TPSA) is 42.1 Å². The first-order valence-corrected chi connectivity index (χ1v) is 7.45. The van der Waals surface area contributed by atoms with E-state index in [1.54, 1.807) is 11.3 Å². The minimum Gasteiger partial charge on any atom is -0.369 e. The maximum absolute atomic E-state index is 6.02. The van der Waals surface area contributed by atoms with E-state index in [2.05, 4.69) is 53.5 Å². The van der Waals surface area contributed by atoms with Crippen LogP contribution in [0.1, 0.15) is 35.7 Å². The van der Waals surface area contributed by atoms with Crippen LogP contribution in [0.2, 0.25) is 0 Å². The van der Waals surface area contributed by atoms with Crippen molar-refractivity contribution in [3.05, 3.63) is 45.9 Å². The summed E-state index contributed by atoms with van der Waals surface area (Å²) in [5.74, 6) is 0. The Hall–Kier alpha value is -1.39. The third-order valence-electron chi connectivity index (χ3n) is 3.27. The van der Waals surface area contributed by atoms with Gasteiger partial charge in [0.25, 0.3) is 0 Å². The van der Waals surface area contributed by atoms with Gasteiger partial charge in [0.15, 0.2) is 0 Å². The molecule has 0 unspecified atom stereocenters. The fraction of sp³-hybridized carbons (Fsp3) is 0.400. The van der Waals surface area contributed by atoms with Gasteiger partial charge < -0.3 is 10.6 Å². The molecule has 0 aliphatic heterocycles. The molecule has 19 heavy (non-hydrogen) atoms. The summed E-state index contributed by atoms with van der Waals surface area (Å²) < 4.78 is 0. The van der Waals surface area contributed by atoms with E-state index in [1.165, 1.54) is 11.3 Å². The number of anilines is 1. The molecule has 0 saturated carbocycles. The molecule has 3 nitrogen and oxygen atoms in total. The third kappa shape index (κ3) is 3.55. The quantitative estimate of drug-likeness (QED) is 0.908. The zero-order valence-corrected chi connectivity index (χ0v) is 12.6. The van der Waals surface area contributed by atoms with Crippen molar-refractivity contribution in [2.75, 3.05) is 11.9 Å². The largest absolute Gasteiger partial charge is 0.369 e. The SMILES string of the molecule is CC[C@H](N)c1ccc(N(C)Cc2csc(C)n2)cc1. The van der Waals surface area contributed by atoms with Crippen LogP contribution in [0.25, 0.3) is 0 Å². The van der Waals surface area contributed by atoms with E-state index in [1.807, 2.05) is 6.92 Å². The van der Waals surface area contributed by atoms with Crippen LogP contribution in [0.15, 0.2) is 29.6 Å². The van der Waals surface area contributed by atoms with Crippen molar-refractivity contribution in [1.82, 2.24) is 4.98 Å². The molecule has 1 heterocycles. The normalized spacial score (nSPS) is 12.4. The fourth-order valence-corrected chi connectivity index (χ4v) is 2.63. The van der Waals surface area contributed by atoms with Crippen LogP contribution in [0.5, 0.6) is 0 Å². The minimum atomic E-state index is 0.139. The Balaban J connectivity index is 2.05. The number of benzene rings is 1. The monoisotopic (exact) mass is 275 g/mol. The smallest absolute Gasteiger partial charge is 0.0898 e. The van der Waals surface area contributed by atoms with Crippen molar-refractivity contribution in [2.45, 2.75) is 32.9 Å². The minimum absolute atomic E-state index is 0.139. The first-order chi connectivity index (χ1) is 9.10. The van der Waals surface area contributed by atoms with Gasteiger partial charge in [-0.2, -0.15) is 0 Å². The average molecular weight is 275 g/mol. The Morgan fingerprint density at radius 1 is 1.32 bits per heavy atom. The van der Waals surface area contributed by atoms with Gasteiger partial charge in [0, 0.05) is 24.2 Å². The summed E-state index contributed by atoms with van der Waals surface area (Å²) >= 11 is 1.70. The van der Waals surface area contributed by atoms with Gasteiger partial charge >= 0.3 is 0 Å². The number of nitrogens with zero attached hydrogens (tertiary/aromatic N) is 2. The highest BCUT2D eigenvalue weighted by atomic mass is 32.1. The van der Waals surface area contributed by atoms with Gasteiger partial charge in [0.05, 0.1) is 17.2 Å². The van der Waals surface area contributed by atoms with Crippen molar-refractivity contribution >= 4 is 17.0 Å². The Labute approximate surface area is 119 Å². The van der Waals surface area contributed by atoms with E-state index in [9.17, 15) is 0 Å². The summed E-state index contributed by atoms with van der Waals surface area (Å²) in [4.78, 5) is 6.70. The predicted octanol–water partition coefficient (Wildman–Crippen LogP) is 3.50. The fourth-order valence-electron chi connectivity index (χ4n) is 2.03. The summed E-state index contributed by atoms with van der Waals surface area (Å²) in [5.41, 5.74) is 9.54. The molecule has 0 fully saturated rings. The molecule has 0 bridgehead atoms. The van der Waals surface area contributed by atoms with Gasteiger partial charge in [-0.15, -0.1) is 11.3 Å². The van der Waals surface area contributed by atoms with Crippen molar-refractivity contribution < 1.29 is 0 Å². The Morgan fingerprint density at radius 2 is 2.00 bits per heavy atom. The van der Waals surface area contributed by atoms with Crippen molar-refractivity contribution in [3.63, 3.8) is 0 Å². The predicted molar refractivity (Wildman–Crippen MR) is 82.6 cm³/mol. The molecule has 0 saturated heterocycles. The molecular weight excluding hydrogens is 254 g/mol. The molecule has 2 N–H and O–H groups in total. The van der Waals surface area contributed by atoms with Crippen LogP contribution in [0, 0.1) is 6.92 Å². The molecular formula is C15H21N3S. The van der Waals surface area contributed by atoms with Crippen LogP contribution in [0.3, 0.4) is 0 Å². The molecule has 0 amide bonds. The highest BCUT2D eigenvalue weighted by Crippen LogP contribution is 2.20. The second kappa shape index (κ2) is 6.17. The zero-order chi connectivity index (χ0) is 13.8. The lowest BCUT2D eigenvalue weighted by molar-refractivity contribution is 0.698. The third-order valence-corrected chi connectivity index (χ3v) is 4.09. The van der Waals surface area contributed by atoms with E-state index in [0.717, 1.165) is 23.7 Å². The van der Waals surface area contributed by atoms with Crippen LogP contribution in [-0.4, -0.2) is 12.0 Å². The van der Waals surface area contributed by atoms with E-state index in [4.69, 9.17) is 5.73 Å². The van der Waals surface area contributed by atoms with Gasteiger partial charge in [-0.1, -0.05) is 19.1 Å². The van der Waals surface area contributed by atoms with Crippen LogP contribution >= 0.6 is 11.3 Å². The number of aromatic nitrogens is 1. The van der Waals surface area contributed by atoms with Crippen molar-refractivity contribution in [2.24, 2.45) is 5.73 Å². The van der Waals surface area contributed by atoms with Crippen molar-refractivity contribution in [3.8, 4) is 0 Å². The molecule has 2 rings (SSSR count). The maximum atomic E-state index is 6.02. The molecule has 102 valence electrons. The summed E-state index contributed by atoms with van der Waals surface area (Å²) in [6, 6.07) is 8.63. The molecule has 0 aliphatic carbocycles. The lowest BCUT2D eigenvalue weighted by Crippen LogP contribution is -2.17. The second-order valence-electron chi connectivity index (χ2n) is 4.82. The number of thiazole rings is 1. The second-order valence-corrected chi connectivity index (χ2v) is 5.88. The molecule has 0 spiro atoms. The Bertz CT molecular complexity index is 518. The first-order valence-electron chi connectivity index (χ1n) is 6.58. The average Bonchev–Trinajstić information content (AvgIpc) is 2.83. The van der Waals surface area contributed by atoms with Crippen molar-refractivity contribution in [1.29, 1.82) is 0 Å². The molecule has 1 aromatic carbocycles. The molecule has 4 heteroatoms. The van der Waals surface area contributed by atoms with Crippen LogP contribution < -0.4 is 10.6 Å². The zero-order valence-electron chi connectivity index (χ0n) is 11.8. The number of nitrogens with two attached hydrogens (primary N) is 1. The van der Waals surface area contributed by atoms with E-state index in [-0.39, 0.29) is 6.04 Å². The van der Waals surface area contributed by atoms with Gasteiger partial charge in [0.1, 0.15) is 0 Å². The lowest BCUT2D eigenvalue weighted by atomic mass is 10.1. The standard InChI is InChI=1S/C15H21N3S/c1-4-15(16)12-5-7-14(8-6-12)18(3)9-13-10-19-11(2)17-13/h5-8,10,15H,4,9,16H2,1-3H3/t15-/m0/s1. The molecule has 2 aromatic rings. The molecule has 1 aromatic heterocycles. The number of hydrogen-bond donors (Lipinski definition) is 1. The number of hydrogen-bond acceptors (Lipinski definition) is 4. The van der Waals surface area contributed by atoms with Gasteiger partial charge in [-0.3, -0.25) is 0 Å². The van der Waals surface area contributed by atoms with E-state index < -0.39 is 0 Å². The first kappa shape index (κ1) is 14.0. The summed E-state index contributed by atoms with van der Waals surface area (Å²) in [6.45, 7) is 4.98. The van der Waals surface area contributed by atoms with E-state index >= 15 is 0 Å². The lowest BCUT2D eigenvalue weighted by Gasteiger charge is -2.19. The van der Waals surface area contributed by atoms with Gasteiger partial charge in [0.2, 0.25) is 0 Å². The van der Waals surface area contributed by atoms with Gasteiger partial charge in [-0.05, 0) is 31.0 Å². The molecule has 1 atom stereocenters. The Kier molecular flexibility index (Phi) is 4.56. The number of aryl methyl sites for hydroxylation is 1. The van der Waals surface area contributed by atoms with E-state index in [0.29, 0.717) is 0 Å². The van der Waals surface area contributed by atoms with Gasteiger partial charge in [-0.25, -0.2) is 4.98 Å². The highest BCUT2D eigenvalue weighted by molar-refractivity contribution is 7.09. The highest BCUT2D eigenvalue weighted by Gasteiger charge is 2.07. The summed E-state index contributed by atoms with van der Waals surface area (Å²) in [5, 5.41) is 3.24. The maximum Gasteiger partial charge on any atom is 0.0898 e. The summed E-state index contributed by atoms with van der Waals surface area (Å²) in [7, 11) is 2.09. The van der Waals surface area contributed by atoms with Crippen LogP contribution in [0.4, 0.5) is 5.69 Å². The number of rotatable bonds is 5. The molecule has 0 radical (unpaired) electrons. The molecule has 0 aliphatic rings. The van der Waals surface area contributed by atoms with Crippen LogP contribution in [-0.2, 0) is 6.54 Å². The Morgan fingerprint density at radius 3 is 2.53 bits per heavy atom. The summed E-state index contributed by atoms with van der Waals surface area (Å²) in [6.07, 6.45) is 0.966.